The molecule has 9 heteroatoms. The average molecular weight is 424 g/mol. The molecule has 0 fully saturated rings. The second kappa shape index (κ2) is 6.83. The molecule has 4 aromatic rings. The van der Waals surface area contributed by atoms with E-state index in [1.165, 1.54) is 21.5 Å². The zero-order chi connectivity index (χ0) is 21.8. The molecule has 0 saturated carbocycles. The summed E-state index contributed by atoms with van der Waals surface area (Å²) in [7, 11) is 0. The average Bonchev–Trinajstić information content (AvgIpc) is 3.21. The maximum Gasteiger partial charge on any atom is 0.416 e. The highest BCUT2D eigenvalue weighted by atomic mass is 19.4. The Kier molecular flexibility index (Phi) is 4.21. The van der Waals surface area contributed by atoms with E-state index in [1.54, 1.807) is 12.1 Å². The number of nitrogens with zero attached hydrogens (tertiary/aromatic N) is 4. The first-order valence-electron chi connectivity index (χ1n) is 9.48. The minimum Gasteiger partial charge on any atom is -0.273 e. The van der Waals surface area contributed by atoms with E-state index in [4.69, 9.17) is 0 Å². The first kappa shape index (κ1) is 19.1. The Morgan fingerprint density at radius 1 is 1.00 bits per heavy atom. The standard InChI is InChI=1S/C22H15F3N4O2/c23-22(24,25)16-8-4-7-15(11-16)18-9-10-27-19-17(12-26-29(18)19)20(30)28(21(27)31)13-14-5-2-1-3-6-14/h1-9,11-12H,10,13H2. The highest BCUT2D eigenvalue weighted by Crippen LogP contribution is 2.32. The highest BCUT2D eigenvalue weighted by Gasteiger charge is 2.31. The van der Waals surface area contributed by atoms with Crippen molar-refractivity contribution in [2.24, 2.45) is 0 Å². The van der Waals surface area contributed by atoms with Gasteiger partial charge in [0.15, 0.2) is 5.65 Å². The lowest BCUT2D eigenvalue weighted by molar-refractivity contribution is -0.137. The quantitative estimate of drug-likeness (QED) is 0.507. The highest BCUT2D eigenvalue weighted by molar-refractivity contribution is 5.82. The molecule has 0 radical (unpaired) electrons. The number of hydrogen-bond donors (Lipinski definition) is 0. The third kappa shape index (κ3) is 3.09. The van der Waals surface area contributed by atoms with Crippen LogP contribution in [0.2, 0.25) is 0 Å². The summed E-state index contributed by atoms with van der Waals surface area (Å²) in [6, 6.07) is 14.0. The molecule has 0 aliphatic carbocycles. The van der Waals surface area contributed by atoms with E-state index in [9.17, 15) is 22.8 Å². The third-order valence-corrected chi connectivity index (χ3v) is 5.30. The largest absolute Gasteiger partial charge is 0.416 e. The van der Waals surface area contributed by atoms with Crippen molar-refractivity contribution in [2.75, 3.05) is 0 Å². The molecule has 1 aliphatic heterocycles. The molecule has 31 heavy (non-hydrogen) atoms. The lowest BCUT2D eigenvalue weighted by atomic mass is 10.1. The Balaban J connectivity index is 1.65. The van der Waals surface area contributed by atoms with E-state index in [0.717, 1.165) is 22.3 Å². The number of aromatic nitrogens is 4. The number of alkyl halides is 3. The number of rotatable bonds is 3. The van der Waals surface area contributed by atoms with Crippen molar-refractivity contribution in [1.29, 1.82) is 0 Å². The predicted octanol–water partition coefficient (Wildman–Crippen LogP) is 3.33. The fraction of sp³-hybridized carbons (Fsp3) is 0.136. The zero-order valence-electron chi connectivity index (χ0n) is 16.0. The lowest BCUT2D eigenvalue weighted by Gasteiger charge is -2.20. The van der Waals surface area contributed by atoms with Gasteiger partial charge in [-0.1, -0.05) is 42.5 Å². The summed E-state index contributed by atoms with van der Waals surface area (Å²) in [4.78, 5) is 26.1. The summed E-state index contributed by atoms with van der Waals surface area (Å²) >= 11 is 0. The number of benzene rings is 2. The second-order valence-corrected chi connectivity index (χ2v) is 7.23. The minimum atomic E-state index is -4.48. The molecular formula is C22H15F3N4O2. The first-order chi connectivity index (χ1) is 14.8. The van der Waals surface area contributed by atoms with Gasteiger partial charge >= 0.3 is 11.9 Å². The van der Waals surface area contributed by atoms with Crippen LogP contribution < -0.4 is 11.2 Å². The molecule has 2 aromatic carbocycles. The molecule has 156 valence electrons. The lowest BCUT2D eigenvalue weighted by Crippen LogP contribution is -2.41. The Morgan fingerprint density at radius 3 is 2.52 bits per heavy atom. The second-order valence-electron chi connectivity index (χ2n) is 7.23. The summed E-state index contributed by atoms with van der Waals surface area (Å²) in [5.41, 5.74) is -0.00574. The molecule has 1 aliphatic rings. The van der Waals surface area contributed by atoms with Crippen LogP contribution in [0.15, 0.2) is 76.5 Å². The number of allylic oxidation sites excluding steroid dienone is 1. The van der Waals surface area contributed by atoms with Gasteiger partial charge < -0.3 is 0 Å². The van der Waals surface area contributed by atoms with E-state index >= 15 is 0 Å². The first-order valence-corrected chi connectivity index (χ1v) is 9.48. The molecule has 0 spiro atoms. The Labute approximate surface area is 173 Å². The van der Waals surface area contributed by atoms with Crippen LogP contribution in [0.1, 0.15) is 16.7 Å². The van der Waals surface area contributed by atoms with Crippen LogP contribution in [-0.4, -0.2) is 18.9 Å². The fourth-order valence-corrected chi connectivity index (χ4v) is 3.83. The van der Waals surface area contributed by atoms with Gasteiger partial charge in [0.2, 0.25) is 0 Å². The van der Waals surface area contributed by atoms with Crippen LogP contribution in [0.25, 0.3) is 16.7 Å². The summed E-state index contributed by atoms with van der Waals surface area (Å²) < 4.78 is 43.3. The smallest absolute Gasteiger partial charge is 0.273 e. The van der Waals surface area contributed by atoms with Gasteiger partial charge in [0.05, 0.1) is 24.0 Å². The van der Waals surface area contributed by atoms with E-state index < -0.39 is 23.0 Å². The monoisotopic (exact) mass is 424 g/mol. The molecule has 0 unspecified atom stereocenters. The van der Waals surface area contributed by atoms with Crippen molar-refractivity contribution in [2.45, 2.75) is 19.3 Å². The van der Waals surface area contributed by atoms with Crippen molar-refractivity contribution in [1.82, 2.24) is 18.9 Å². The minimum absolute atomic E-state index is 0.113. The topological polar surface area (TPSA) is 61.8 Å². The van der Waals surface area contributed by atoms with Crippen molar-refractivity contribution in [3.8, 4) is 0 Å². The van der Waals surface area contributed by atoms with Crippen molar-refractivity contribution in [3.63, 3.8) is 0 Å². The molecule has 6 nitrogen and oxygen atoms in total. The summed E-state index contributed by atoms with van der Waals surface area (Å²) in [6.45, 7) is 0.228. The van der Waals surface area contributed by atoms with Gasteiger partial charge in [-0.15, -0.1) is 0 Å². The van der Waals surface area contributed by atoms with Crippen LogP contribution in [-0.2, 0) is 19.3 Å². The predicted molar refractivity (Wildman–Crippen MR) is 109 cm³/mol. The Hall–Kier alpha value is -3.88. The van der Waals surface area contributed by atoms with E-state index in [-0.39, 0.29) is 24.1 Å². The van der Waals surface area contributed by atoms with Crippen LogP contribution >= 0.6 is 0 Å². The molecule has 0 amide bonds. The Bertz CT molecular complexity index is 1460. The molecule has 0 atom stereocenters. The van der Waals surface area contributed by atoms with Gasteiger partial charge in [-0.3, -0.25) is 13.9 Å². The van der Waals surface area contributed by atoms with Gasteiger partial charge in [-0.2, -0.15) is 18.3 Å². The van der Waals surface area contributed by atoms with Crippen molar-refractivity contribution < 1.29 is 13.2 Å². The SMILES string of the molecule is O=c1c2cnn3c2n(c(=O)n1Cc1ccccc1)CC=C3c1cccc(C(F)(F)F)c1. The van der Waals surface area contributed by atoms with Gasteiger partial charge in [0.1, 0.15) is 5.39 Å². The Morgan fingerprint density at radius 2 is 1.77 bits per heavy atom. The van der Waals surface area contributed by atoms with Gasteiger partial charge in [0, 0.05) is 12.1 Å². The molecular weight excluding hydrogens is 409 g/mol. The van der Waals surface area contributed by atoms with E-state index in [0.29, 0.717) is 11.3 Å². The third-order valence-electron chi connectivity index (χ3n) is 5.30. The van der Waals surface area contributed by atoms with Crippen molar-refractivity contribution in [3.05, 3.63) is 104 Å². The zero-order valence-corrected chi connectivity index (χ0v) is 16.0. The summed E-state index contributed by atoms with van der Waals surface area (Å²) in [5, 5.41) is 4.45. The number of halogens is 3. The molecule has 2 aromatic heterocycles. The summed E-state index contributed by atoms with van der Waals surface area (Å²) in [6.07, 6.45) is -1.50. The van der Waals surface area contributed by atoms with Crippen LogP contribution in [0.5, 0.6) is 0 Å². The van der Waals surface area contributed by atoms with E-state index in [2.05, 4.69) is 5.10 Å². The molecule has 0 bridgehead atoms. The van der Waals surface area contributed by atoms with Gasteiger partial charge in [0.25, 0.3) is 5.56 Å². The summed E-state index contributed by atoms with van der Waals surface area (Å²) in [5.74, 6) is 0. The van der Waals surface area contributed by atoms with Gasteiger partial charge in [-0.05, 0) is 23.8 Å². The molecule has 5 rings (SSSR count). The van der Waals surface area contributed by atoms with Gasteiger partial charge in [-0.25, -0.2) is 9.48 Å². The molecule has 0 saturated heterocycles. The number of hydrogen-bond acceptors (Lipinski definition) is 3. The van der Waals surface area contributed by atoms with Crippen LogP contribution in [0, 0.1) is 0 Å². The van der Waals surface area contributed by atoms with Crippen molar-refractivity contribution >= 4 is 16.7 Å². The normalized spacial score (nSPS) is 13.5. The maximum atomic E-state index is 13.1. The van der Waals surface area contributed by atoms with Crippen LogP contribution in [0.4, 0.5) is 13.2 Å². The molecule has 3 heterocycles. The van der Waals surface area contributed by atoms with E-state index in [1.807, 2.05) is 30.3 Å². The van der Waals surface area contributed by atoms with Crippen LogP contribution in [0.3, 0.4) is 0 Å². The molecule has 0 N–H and O–H groups in total. The fourth-order valence-electron chi connectivity index (χ4n) is 3.83. The maximum absolute atomic E-state index is 13.1.